The molecule has 3 aromatic rings. The highest BCUT2D eigenvalue weighted by molar-refractivity contribution is 6.11. The van der Waals surface area contributed by atoms with Gasteiger partial charge in [0.25, 0.3) is 0 Å². The molecule has 0 saturated heterocycles. The van der Waals surface area contributed by atoms with Crippen LogP contribution >= 0.6 is 0 Å². The highest BCUT2D eigenvalue weighted by Gasteiger charge is 2.32. The number of hydrogen-bond acceptors (Lipinski definition) is 5. The SMILES string of the molecule is CC(=O)Nc1ccc2c(ccc3onc([C@H]4CCC(=O)CC4=O)c32)c1. The number of carbonyl (C=O) groups excluding carboxylic acids is 3. The first-order chi connectivity index (χ1) is 12.0. The highest BCUT2D eigenvalue weighted by atomic mass is 16.5. The molecule has 0 radical (unpaired) electrons. The van der Waals surface area contributed by atoms with Crippen LogP contribution in [0, 0.1) is 0 Å². The summed E-state index contributed by atoms with van der Waals surface area (Å²) in [6.45, 7) is 1.46. The Morgan fingerprint density at radius 1 is 1.24 bits per heavy atom. The summed E-state index contributed by atoms with van der Waals surface area (Å²) in [5.74, 6) is -0.652. The number of aromatic nitrogens is 1. The van der Waals surface area contributed by atoms with Gasteiger partial charge in [0, 0.05) is 19.0 Å². The normalized spacial score (nSPS) is 18.0. The fourth-order valence-corrected chi connectivity index (χ4v) is 3.47. The number of fused-ring (bicyclic) bond motifs is 3. The quantitative estimate of drug-likeness (QED) is 0.725. The first-order valence-electron chi connectivity index (χ1n) is 8.17. The molecule has 0 bridgehead atoms. The lowest BCUT2D eigenvalue weighted by atomic mass is 9.83. The molecule has 4 rings (SSSR count). The summed E-state index contributed by atoms with van der Waals surface area (Å²) in [5, 5.41) is 9.53. The molecule has 6 nitrogen and oxygen atoms in total. The third-order valence-electron chi connectivity index (χ3n) is 4.60. The van der Waals surface area contributed by atoms with Crippen LogP contribution in [0.2, 0.25) is 0 Å². The minimum absolute atomic E-state index is 0.0149. The van der Waals surface area contributed by atoms with Crippen molar-refractivity contribution in [2.45, 2.75) is 32.1 Å². The van der Waals surface area contributed by atoms with Crippen LogP contribution in [-0.4, -0.2) is 22.6 Å². The van der Waals surface area contributed by atoms with E-state index in [9.17, 15) is 14.4 Å². The second-order valence-electron chi connectivity index (χ2n) is 6.40. The molecule has 0 spiro atoms. The maximum Gasteiger partial charge on any atom is 0.221 e. The van der Waals surface area contributed by atoms with E-state index in [2.05, 4.69) is 10.5 Å². The largest absolute Gasteiger partial charge is 0.356 e. The fraction of sp³-hybridized carbons (Fsp3) is 0.263. The van der Waals surface area contributed by atoms with Crippen LogP contribution < -0.4 is 5.32 Å². The Labute approximate surface area is 143 Å². The Kier molecular flexibility index (Phi) is 3.60. The molecule has 1 fully saturated rings. The fourth-order valence-electron chi connectivity index (χ4n) is 3.47. The van der Waals surface area contributed by atoms with Crippen molar-refractivity contribution in [1.29, 1.82) is 0 Å². The molecule has 1 aromatic heterocycles. The number of amides is 1. The van der Waals surface area contributed by atoms with E-state index in [1.54, 1.807) is 0 Å². The zero-order valence-corrected chi connectivity index (χ0v) is 13.7. The first kappa shape index (κ1) is 15.5. The monoisotopic (exact) mass is 336 g/mol. The van der Waals surface area contributed by atoms with Gasteiger partial charge in [-0.2, -0.15) is 0 Å². The van der Waals surface area contributed by atoms with Crippen molar-refractivity contribution in [3.8, 4) is 0 Å². The lowest BCUT2D eigenvalue weighted by Crippen LogP contribution is -2.23. The Balaban J connectivity index is 1.86. The standard InChI is InChI=1S/C19H16N2O4/c1-10(22)20-12-3-5-14-11(8-12)2-7-17-18(14)19(21-25-17)15-6-4-13(23)9-16(15)24/h2-3,5,7-8,15H,4,6,9H2,1H3,(H,20,22)/t15-/m0/s1. The number of rotatable bonds is 2. The van der Waals surface area contributed by atoms with Crippen molar-refractivity contribution < 1.29 is 18.9 Å². The van der Waals surface area contributed by atoms with Gasteiger partial charge >= 0.3 is 0 Å². The number of carbonyl (C=O) groups is 3. The third-order valence-corrected chi connectivity index (χ3v) is 4.60. The van der Waals surface area contributed by atoms with Gasteiger partial charge in [-0.15, -0.1) is 0 Å². The summed E-state index contributed by atoms with van der Waals surface area (Å²) in [5.41, 5.74) is 1.92. The lowest BCUT2D eigenvalue weighted by Gasteiger charge is -2.18. The zero-order valence-electron chi connectivity index (χ0n) is 13.7. The molecular formula is C19H16N2O4. The average Bonchev–Trinajstić information content (AvgIpc) is 2.98. The van der Waals surface area contributed by atoms with Crippen LogP contribution in [0.3, 0.4) is 0 Å². The Morgan fingerprint density at radius 3 is 2.84 bits per heavy atom. The van der Waals surface area contributed by atoms with E-state index in [0.717, 1.165) is 16.2 Å². The molecule has 126 valence electrons. The van der Waals surface area contributed by atoms with Crippen molar-refractivity contribution in [2.75, 3.05) is 5.32 Å². The van der Waals surface area contributed by atoms with Gasteiger partial charge in [0.05, 0.1) is 17.7 Å². The third kappa shape index (κ3) is 2.69. The van der Waals surface area contributed by atoms with Gasteiger partial charge in [0.15, 0.2) is 5.58 Å². The van der Waals surface area contributed by atoms with E-state index in [1.165, 1.54) is 6.92 Å². The van der Waals surface area contributed by atoms with Crippen molar-refractivity contribution in [1.82, 2.24) is 5.16 Å². The maximum atomic E-state index is 12.3. The maximum absolute atomic E-state index is 12.3. The topological polar surface area (TPSA) is 89.3 Å². The predicted molar refractivity (Wildman–Crippen MR) is 92.4 cm³/mol. The Hall–Kier alpha value is -3.02. The molecule has 1 N–H and O–H groups in total. The molecule has 25 heavy (non-hydrogen) atoms. The van der Waals surface area contributed by atoms with Crippen molar-refractivity contribution in [3.05, 3.63) is 36.0 Å². The summed E-state index contributed by atoms with van der Waals surface area (Å²) in [4.78, 5) is 35.0. The van der Waals surface area contributed by atoms with Gasteiger partial charge in [-0.25, -0.2) is 0 Å². The van der Waals surface area contributed by atoms with Crippen molar-refractivity contribution in [3.63, 3.8) is 0 Å². The van der Waals surface area contributed by atoms with Gasteiger partial charge < -0.3 is 9.84 Å². The highest BCUT2D eigenvalue weighted by Crippen LogP contribution is 2.37. The molecule has 1 aliphatic rings. The first-order valence-corrected chi connectivity index (χ1v) is 8.17. The van der Waals surface area contributed by atoms with Crippen molar-refractivity contribution >= 4 is 44.9 Å². The average molecular weight is 336 g/mol. The number of Topliss-reactive ketones (excluding diaryl/α,β-unsaturated/α-hetero) is 2. The summed E-state index contributed by atoms with van der Waals surface area (Å²) >= 11 is 0. The molecule has 1 saturated carbocycles. The summed E-state index contributed by atoms with van der Waals surface area (Å²) in [7, 11) is 0. The van der Waals surface area contributed by atoms with E-state index in [1.807, 2.05) is 30.3 Å². The van der Waals surface area contributed by atoms with Gasteiger partial charge in [-0.3, -0.25) is 14.4 Å². The van der Waals surface area contributed by atoms with Crippen LogP contribution in [0.1, 0.15) is 37.8 Å². The van der Waals surface area contributed by atoms with Gasteiger partial charge in [-0.1, -0.05) is 17.3 Å². The smallest absolute Gasteiger partial charge is 0.221 e. The lowest BCUT2D eigenvalue weighted by molar-refractivity contribution is -0.130. The molecule has 0 unspecified atom stereocenters. The number of hydrogen-bond donors (Lipinski definition) is 1. The number of anilines is 1. The number of benzene rings is 2. The van der Waals surface area contributed by atoms with E-state index in [4.69, 9.17) is 4.52 Å². The Bertz CT molecular complexity index is 1030. The molecular weight excluding hydrogens is 320 g/mol. The van der Waals surface area contributed by atoms with Crippen LogP contribution in [0.4, 0.5) is 5.69 Å². The molecule has 0 aliphatic heterocycles. The number of nitrogens with one attached hydrogen (secondary N) is 1. The Morgan fingerprint density at radius 2 is 2.08 bits per heavy atom. The van der Waals surface area contributed by atoms with Crippen LogP contribution in [-0.2, 0) is 14.4 Å². The molecule has 1 atom stereocenters. The minimum Gasteiger partial charge on any atom is -0.356 e. The van der Waals surface area contributed by atoms with Gasteiger partial charge in [-0.05, 0) is 35.4 Å². The molecule has 1 amide bonds. The molecule has 6 heteroatoms. The van der Waals surface area contributed by atoms with Crippen LogP contribution in [0.5, 0.6) is 0 Å². The summed E-state index contributed by atoms with van der Waals surface area (Å²) in [6, 6.07) is 9.28. The predicted octanol–water partition coefficient (Wildman–Crippen LogP) is 3.35. The van der Waals surface area contributed by atoms with Crippen molar-refractivity contribution in [2.24, 2.45) is 0 Å². The zero-order chi connectivity index (χ0) is 17.6. The van der Waals surface area contributed by atoms with Gasteiger partial charge in [0.2, 0.25) is 5.91 Å². The summed E-state index contributed by atoms with van der Waals surface area (Å²) < 4.78 is 5.42. The van der Waals surface area contributed by atoms with E-state index < -0.39 is 5.92 Å². The number of nitrogens with zero attached hydrogens (tertiary/aromatic N) is 1. The van der Waals surface area contributed by atoms with Crippen LogP contribution in [0.15, 0.2) is 34.9 Å². The minimum atomic E-state index is -0.403. The second kappa shape index (κ2) is 5.81. The van der Waals surface area contributed by atoms with E-state index in [-0.39, 0.29) is 23.9 Å². The van der Waals surface area contributed by atoms with E-state index in [0.29, 0.717) is 29.8 Å². The second-order valence-corrected chi connectivity index (χ2v) is 6.40. The molecule has 1 aliphatic carbocycles. The number of ketones is 2. The molecule has 2 aromatic carbocycles. The summed E-state index contributed by atoms with van der Waals surface area (Å²) in [6.07, 6.45) is 0.832. The van der Waals surface area contributed by atoms with E-state index >= 15 is 0 Å². The van der Waals surface area contributed by atoms with Crippen LogP contribution in [0.25, 0.3) is 21.7 Å². The van der Waals surface area contributed by atoms with Gasteiger partial charge in [0.1, 0.15) is 17.3 Å². The molecule has 1 heterocycles.